The van der Waals surface area contributed by atoms with Crippen LogP contribution in [0.3, 0.4) is 0 Å². The van der Waals surface area contributed by atoms with E-state index in [-0.39, 0.29) is 11.1 Å². The van der Waals surface area contributed by atoms with Crippen molar-refractivity contribution in [2.24, 2.45) is 0 Å². The van der Waals surface area contributed by atoms with Crippen molar-refractivity contribution < 1.29 is 0 Å². The molecule has 2 rings (SSSR count). The zero-order valence-corrected chi connectivity index (χ0v) is 8.69. The monoisotopic (exact) mass is 211 g/mol. The number of hydrogen-bond donors (Lipinski definition) is 1. The predicted octanol–water partition coefficient (Wildman–Crippen LogP) is 1.62. The zero-order valence-electron chi connectivity index (χ0n) is 8.69. The maximum Gasteiger partial charge on any atom is 0.266 e. The Morgan fingerprint density at radius 3 is 2.88 bits per heavy atom. The lowest BCUT2D eigenvalue weighted by Gasteiger charge is -2.05. The molecule has 0 spiro atoms. The Balaban J connectivity index is 2.80. The van der Waals surface area contributed by atoms with Gasteiger partial charge in [-0.2, -0.15) is 5.26 Å². The van der Waals surface area contributed by atoms with Gasteiger partial charge >= 0.3 is 0 Å². The lowest BCUT2D eigenvalue weighted by Crippen LogP contribution is -2.12. The minimum atomic E-state index is -0.381. The molecule has 2 heterocycles. The molecule has 0 saturated heterocycles. The molecule has 0 aliphatic rings. The Bertz CT molecular complexity index is 608. The van der Waals surface area contributed by atoms with Crippen LogP contribution in [0.4, 0.5) is 0 Å². The van der Waals surface area contributed by atoms with E-state index in [4.69, 9.17) is 5.26 Å². The van der Waals surface area contributed by atoms with E-state index in [1.165, 1.54) is 0 Å². The molecule has 0 radical (unpaired) electrons. The van der Waals surface area contributed by atoms with Gasteiger partial charge in [-0.25, -0.2) is 0 Å². The summed E-state index contributed by atoms with van der Waals surface area (Å²) in [6.07, 6.45) is 3.23. The van der Waals surface area contributed by atoms with Gasteiger partial charge in [0, 0.05) is 18.0 Å². The highest BCUT2D eigenvalue weighted by molar-refractivity contribution is 5.69. The summed E-state index contributed by atoms with van der Waals surface area (Å²) in [5.74, 6) is 0. The third-order valence-electron chi connectivity index (χ3n) is 2.32. The van der Waals surface area contributed by atoms with Crippen LogP contribution in [0.1, 0.15) is 11.1 Å². The summed E-state index contributed by atoms with van der Waals surface area (Å²) in [5.41, 5.74) is 1.80. The second-order valence-corrected chi connectivity index (χ2v) is 3.38. The van der Waals surface area contributed by atoms with Gasteiger partial charge in [0.15, 0.2) is 0 Å². The van der Waals surface area contributed by atoms with E-state index < -0.39 is 0 Å². The SMILES string of the molecule is Cc1c[nH]c(=O)c(C#N)c1-c1ccccn1. The third kappa shape index (κ3) is 1.59. The number of aryl methyl sites for hydroxylation is 1. The highest BCUT2D eigenvalue weighted by atomic mass is 16.1. The van der Waals surface area contributed by atoms with Gasteiger partial charge in [-0.1, -0.05) is 6.07 Å². The Kier molecular flexibility index (Phi) is 2.52. The second kappa shape index (κ2) is 3.99. The number of H-pyrrole nitrogens is 1. The van der Waals surface area contributed by atoms with Crippen LogP contribution in [0.2, 0.25) is 0 Å². The lowest BCUT2D eigenvalue weighted by molar-refractivity contribution is 1.17. The van der Waals surface area contributed by atoms with Gasteiger partial charge in [0.1, 0.15) is 11.6 Å². The van der Waals surface area contributed by atoms with Crippen molar-refractivity contribution in [2.75, 3.05) is 0 Å². The van der Waals surface area contributed by atoms with Crippen molar-refractivity contribution in [3.8, 4) is 17.3 Å². The first kappa shape index (κ1) is 10.1. The second-order valence-electron chi connectivity index (χ2n) is 3.38. The Morgan fingerprint density at radius 2 is 2.25 bits per heavy atom. The van der Waals surface area contributed by atoms with Crippen LogP contribution in [-0.4, -0.2) is 9.97 Å². The smallest absolute Gasteiger partial charge is 0.266 e. The van der Waals surface area contributed by atoms with Crippen molar-refractivity contribution in [3.05, 3.63) is 52.1 Å². The van der Waals surface area contributed by atoms with Crippen molar-refractivity contribution in [1.82, 2.24) is 9.97 Å². The summed E-state index contributed by atoms with van der Waals surface area (Å²) in [5, 5.41) is 8.99. The van der Waals surface area contributed by atoms with E-state index in [1.807, 2.05) is 19.1 Å². The van der Waals surface area contributed by atoms with Crippen LogP contribution < -0.4 is 5.56 Å². The number of pyridine rings is 2. The number of nitrogens with one attached hydrogen (secondary N) is 1. The van der Waals surface area contributed by atoms with Gasteiger partial charge in [0.2, 0.25) is 0 Å². The number of nitriles is 1. The Morgan fingerprint density at radius 1 is 1.44 bits per heavy atom. The number of rotatable bonds is 1. The van der Waals surface area contributed by atoms with Crippen LogP contribution in [0.5, 0.6) is 0 Å². The van der Waals surface area contributed by atoms with E-state index in [0.29, 0.717) is 11.3 Å². The highest BCUT2D eigenvalue weighted by Gasteiger charge is 2.12. The van der Waals surface area contributed by atoms with Crippen molar-refractivity contribution in [1.29, 1.82) is 5.26 Å². The minimum Gasteiger partial charge on any atom is -0.328 e. The average Bonchev–Trinajstić information content (AvgIpc) is 2.33. The summed E-state index contributed by atoms with van der Waals surface area (Å²) in [7, 11) is 0. The summed E-state index contributed by atoms with van der Waals surface area (Å²) in [6, 6.07) is 7.31. The fourth-order valence-electron chi connectivity index (χ4n) is 1.58. The quantitative estimate of drug-likeness (QED) is 0.779. The van der Waals surface area contributed by atoms with Crippen LogP contribution in [0.25, 0.3) is 11.3 Å². The molecule has 1 N–H and O–H groups in total. The third-order valence-corrected chi connectivity index (χ3v) is 2.32. The largest absolute Gasteiger partial charge is 0.328 e. The van der Waals surface area contributed by atoms with Gasteiger partial charge in [0.25, 0.3) is 5.56 Å². The molecular formula is C12H9N3O. The molecular weight excluding hydrogens is 202 g/mol. The molecule has 4 heteroatoms. The van der Waals surface area contributed by atoms with Gasteiger partial charge in [-0.15, -0.1) is 0 Å². The zero-order chi connectivity index (χ0) is 11.5. The molecule has 2 aromatic heterocycles. The van der Waals surface area contributed by atoms with Crippen molar-refractivity contribution >= 4 is 0 Å². The van der Waals surface area contributed by atoms with Gasteiger partial charge in [-0.3, -0.25) is 9.78 Å². The van der Waals surface area contributed by atoms with Crippen LogP contribution >= 0.6 is 0 Å². The van der Waals surface area contributed by atoms with Crippen LogP contribution in [0.15, 0.2) is 35.4 Å². The predicted molar refractivity (Wildman–Crippen MR) is 59.7 cm³/mol. The molecule has 2 aromatic rings. The average molecular weight is 211 g/mol. The van der Waals surface area contributed by atoms with E-state index in [1.54, 1.807) is 24.5 Å². The summed E-state index contributed by atoms with van der Waals surface area (Å²) in [4.78, 5) is 18.2. The molecule has 0 aliphatic carbocycles. The molecule has 16 heavy (non-hydrogen) atoms. The summed E-state index contributed by atoms with van der Waals surface area (Å²) in [6.45, 7) is 1.83. The molecule has 0 atom stereocenters. The van der Waals surface area contributed by atoms with Crippen molar-refractivity contribution in [2.45, 2.75) is 6.92 Å². The molecule has 0 saturated carbocycles. The fourth-order valence-corrected chi connectivity index (χ4v) is 1.58. The molecule has 0 amide bonds. The molecule has 0 aliphatic heterocycles. The molecule has 78 valence electrons. The van der Waals surface area contributed by atoms with Gasteiger partial charge in [-0.05, 0) is 24.6 Å². The normalized spacial score (nSPS) is 9.75. The molecule has 0 fully saturated rings. The summed E-state index contributed by atoms with van der Waals surface area (Å²) >= 11 is 0. The number of nitrogens with zero attached hydrogens (tertiary/aromatic N) is 2. The van der Waals surface area contributed by atoms with Crippen molar-refractivity contribution in [3.63, 3.8) is 0 Å². The number of aromatic nitrogens is 2. The first-order chi connectivity index (χ1) is 7.74. The van der Waals surface area contributed by atoms with Crippen LogP contribution in [-0.2, 0) is 0 Å². The first-order valence-electron chi connectivity index (χ1n) is 4.78. The fraction of sp³-hybridized carbons (Fsp3) is 0.0833. The molecule has 0 aromatic carbocycles. The Labute approximate surface area is 92.2 Å². The van der Waals surface area contributed by atoms with E-state index >= 15 is 0 Å². The molecule has 0 bridgehead atoms. The minimum absolute atomic E-state index is 0.110. The highest BCUT2D eigenvalue weighted by Crippen LogP contribution is 2.21. The molecule has 0 unspecified atom stereocenters. The standard InChI is InChI=1S/C12H9N3O/c1-8-7-15-12(16)9(6-13)11(8)10-4-2-3-5-14-10/h2-5,7H,1H3,(H,15,16). The maximum atomic E-state index is 11.5. The van der Waals surface area contributed by atoms with E-state index in [2.05, 4.69) is 9.97 Å². The number of aromatic amines is 1. The van der Waals surface area contributed by atoms with E-state index in [9.17, 15) is 4.79 Å². The first-order valence-corrected chi connectivity index (χ1v) is 4.78. The Hall–Kier alpha value is -2.41. The lowest BCUT2D eigenvalue weighted by atomic mass is 10.0. The molecule has 4 nitrogen and oxygen atoms in total. The topological polar surface area (TPSA) is 69.5 Å². The number of hydrogen-bond acceptors (Lipinski definition) is 3. The van der Waals surface area contributed by atoms with Crippen LogP contribution in [0, 0.1) is 18.3 Å². The van der Waals surface area contributed by atoms with Gasteiger partial charge < -0.3 is 4.98 Å². The van der Waals surface area contributed by atoms with E-state index in [0.717, 1.165) is 5.56 Å². The summed E-state index contributed by atoms with van der Waals surface area (Å²) < 4.78 is 0. The van der Waals surface area contributed by atoms with Gasteiger partial charge in [0.05, 0.1) is 5.69 Å². The maximum absolute atomic E-state index is 11.5.